The van der Waals surface area contributed by atoms with E-state index in [2.05, 4.69) is 0 Å². The zero-order valence-corrected chi connectivity index (χ0v) is 16.9. The molecule has 0 radical (unpaired) electrons. The number of rotatable bonds is 6. The summed E-state index contributed by atoms with van der Waals surface area (Å²) in [6, 6.07) is 13.9. The van der Waals surface area contributed by atoms with Gasteiger partial charge in [-0.25, -0.2) is 0 Å². The number of methoxy groups -OCH3 is 1. The van der Waals surface area contributed by atoms with E-state index in [1.165, 1.54) is 4.90 Å². The fraction of sp³-hybridized carbons (Fsp3) is 0.348. The van der Waals surface area contributed by atoms with Crippen molar-refractivity contribution >= 4 is 17.7 Å². The van der Waals surface area contributed by atoms with E-state index in [0.717, 1.165) is 12.0 Å². The highest BCUT2D eigenvalue weighted by molar-refractivity contribution is 6.21. The SMILES string of the molecule is COCC[C@H]1COCCN1C(=O)c1ccc(CN2C(=O)c3ccccc3C2=O)cc1. The molecule has 3 amide bonds. The lowest BCUT2D eigenvalue weighted by molar-refractivity contribution is -0.0104. The summed E-state index contributed by atoms with van der Waals surface area (Å²) in [7, 11) is 1.64. The number of nitrogens with zero attached hydrogens (tertiary/aromatic N) is 2. The fourth-order valence-corrected chi connectivity index (χ4v) is 3.90. The van der Waals surface area contributed by atoms with E-state index in [0.29, 0.717) is 43.1 Å². The van der Waals surface area contributed by atoms with Crippen LogP contribution in [0.15, 0.2) is 48.5 Å². The van der Waals surface area contributed by atoms with Gasteiger partial charge in [-0.2, -0.15) is 0 Å². The van der Waals surface area contributed by atoms with Crippen LogP contribution in [0.2, 0.25) is 0 Å². The number of imide groups is 1. The number of benzene rings is 2. The van der Waals surface area contributed by atoms with Crippen LogP contribution in [0.5, 0.6) is 0 Å². The topological polar surface area (TPSA) is 76.2 Å². The number of morpholine rings is 1. The lowest BCUT2D eigenvalue weighted by Crippen LogP contribution is -2.49. The molecular weight excluding hydrogens is 384 g/mol. The Morgan fingerprint density at radius 3 is 2.37 bits per heavy atom. The van der Waals surface area contributed by atoms with E-state index in [1.807, 2.05) is 4.90 Å². The fourth-order valence-electron chi connectivity index (χ4n) is 3.90. The Morgan fingerprint density at radius 2 is 1.73 bits per heavy atom. The second-order valence-corrected chi connectivity index (χ2v) is 7.45. The van der Waals surface area contributed by atoms with Crippen molar-refractivity contribution < 1.29 is 23.9 Å². The zero-order valence-electron chi connectivity index (χ0n) is 16.9. The number of carbonyl (C=O) groups is 3. The predicted octanol–water partition coefficient (Wildman–Crippen LogP) is 2.36. The molecule has 7 heteroatoms. The first-order valence-corrected chi connectivity index (χ1v) is 10.0. The molecule has 0 aromatic heterocycles. The van der Waals surface area contributed by atoms with Gasteiger partial charge in [-0.15, -0.1) is 0 Å². The van der Waals surface area contributed by atoms with E-state index < -0.39 is 0 Å². The first-order valence-electron chi connectivity index (χ1n) is 10.0. The molecule has 30 heavy (non-hydrogen) atoms. The maximum Gasteiger partial charge on any atom is 0.261 e. The molecule has 2 aromatic carbocycles. The second kappa shape index (κ2) is 8.77. The standard InChI is InChI=1S/C23H24N2O5/c1-29-12-10-18-15-30-13-11-24(18)21(26)17-8-6-16(7-9-17)14-25-22(27)19-4-2-3-5-20(19)23(25)28/h2-9,18H,10-15H2,1H3/t18-/m0/s1. The third kappa shape index (κ3) is 3.86. The van der Waals surface area contributed by atoms with Crippen LogP contribution >= 0.6 is 0 Å². The molecule has 7 nitrogen and oxygen atoms in total. The van der Waals surface area contributed by atoms with Gasteiger partial charge < -0.3 is 14.4 Å². The lowest BCUT2D eigenvalue weighted by Gasteiger charge is -2.35. The first kappa shape index (κ1) is 20.3. The van der Waals surface area contributed by atoms with Crippen molar-refractivity contribution in [2.75, 3.05) is 33.5 Å². The van der Waals surface area contributed by atoms with E-state index in [9.17, 15) is 14.4 Å². The van der Waals surface area contributed by atoms with Crippen LogP contribution in [-0.4, -0.2) is 67.0 Å². The number of hydrogen-bond acceptors (Lipinski definition) is 5. The van der Waals surface area contributed by atoms with Gasteiger partial charge in [0.25, 0.3) is 17.7 Å². The Kier molecular flexibility index (Phi) is 5.92. The van der Waals surface area contributed by atoms with E-state index in [4.69, 9.17) is 9.47 Å². The number of carbonyl (C=O) groups excluding carboxylic acids is 3. The Balaban J connectivity index is 1.45. The molecule has 1 saturated heterocycles. The van der Waals surface area contributed by atoms with Crippen molar-refractivity contribution in [3.63, 3.8) is 0 Å². The summed E-state index contributed by atoms with van der Waals surface area (Å²) in [5.41, 5.74) is 2.23. The van der Waals surface area contributed by atoms with Crippen LogP contribution in [-0.2, 0) is 16.0 Å². The lowest BCUT2D eigenvalue weighted by atomic mass is 10.1. The number of fused-ring (bicyclic) bond motifs is 1. The molecule has 0 aliphatic carbocycles. The van der Waals surface area contributed by atoms with Gasteiger partial charge in [0, 0.05) is 25.8 Å². The zero-order chi connectivity index (χ0) is 21.1. The van der Waals surface area contributed by atoms with Crippen LogP contribution in [0, 0.1) is 0 Å². The minimum absolute atomic E-state index is 0.00998. The van der Waals surface area contributed by atoms with Crippen LogP contribution in [0.1, 0.15) is 43.1 Å². The molecule has 0 N–H and O–H groups in total. The van der Waals surface area contributed by atoms with Gasteiger partial charge in [0.2, 0.25) is 0 Å². The van der Waals surface area contributed by atoms with Gasteiger partial charge in [-0.1, -0.05) is 24.3 Å². The molecule has 2 aliphatic heterocycles. The molecule has 156 valence electrons. The van der Waals surface area contributed by atoms with Gasteiger partial charge in [-0.05, 0) is 36.2 Å². The predicted molar refractivity (Wildman–Crippen MR) is 109 cm³/mol. The summed E-state index contributed by atoms with van der Waals surface area (Å²) >= 11 is 0. The van der Waals surface area contributed by atoms with Crippen LogP contribution in [0.3, 0.4) is 0 Å². The van der Waals surface area contributed by atoms with Crippen molar-refractivity contribution in [3.8, 4) is 0 Å². The van der Waals surface area contributed by atoms with Gasteiger partial charge in [-0.3, -0.25) is 19.3 Å². The Morgan fingerprint density at radius 1 is 1.07 bits per heavy atom. The molecule has 0 bridgehead atoms. The monoisotopic (exact) mass is 408 g/mol. The normalized spacial score (nSPS) is 18.6. The molecule has 2 aliphatic rings. The van der Waals surface area contributed by atoms with Crippen molar-refractivity contribution in [2.24, 2.45) is 0 Å². The molecule has 4 rings (SSSR count). The quantitative estimate of drug-likeness (QED) is 0.686. The van der Waals surface area contributed by atoms with Gasteiger partial charge in [0.1, 0.15) is 0 Å². The summed E-state index contributed by atoms with van der Waals surface area (Å²) in [6.07, 6.45) is 0.722. The summed E-state index contributed by atoms with van der Waals surface area (Å²) in [5.74, 6) is -0.623. The average Bonchev–Trinajstić information content (AvgIpc) is 3.03. The summed E-state index contributed by atoms with van der Waals surface area (Å²) in [6.45, 7) is 2.32. The Bertz CT molecular complexity index is 921. The van der Waals surface area contributed by atoms with Crippen LogP contribution < -0.4 is 0 Å². The molecule has 2 heterocycles. The molecule has 0 unspecified atom stereocenters. The first-order chi connectivity index (χ1) is 14.6. The number of ether oxygens (including phenoxy) is 2. The minimum atomic E-state index is -0.287. The number of amides is 3. The van der Waals surface area contributed by atoms with Crippen LogP contribution in [0.25, 0.3) is 0 Å². The maximum atomic E-state index is 13.0. The van der Waals surface area contributed by atoms with Crippen molar-refractivity contribution in [1.29, 1.82) is 0 Å². The molecule has 1 fully saturated rings. The highest BCUT2D eigenvalue weighted by Gasteiger charge is 2.35. The smallest absolute Gasteiger partial charge is 0.261 e. The number of hydrogen-bond donors (Lipinski definition) is 0. The maximum absolute atomic E-state index is 13.0. The summed E-state index contributed by atoms with van der Waals surface area (Å²) in [5, 5.41) is 0. The summed E-state index contributed by atoms with van der Waals surface area (Å²) in [4.78, 5) is 41.1. The molecular formula is C23H24N2O5. The van der Waals surface area contributed by atoms with Crippen molar-refractivity contribution in [3.05, 3.63) is 70.8 Å². The third-order valence-corrected chi connectivity index (χ3v) is 5.56. The largest absolute Gasteiger partial charge is 0.385 e. The molecule has 1 atom stereocenters. The highest BCUT2D eigenvalue weighted by Crippen LogP contribution is 2.24. The minimum Gasteiger partial charge on any atom is -0.385 e. The van der Waals surface area contributed by atoms with Gasteiger partial charge in [0.15, 0.2) is 0 Å². The van der Waals surface area contributed by atoms with Crippen molar-refractivity contribution in [1.82, 2.24) is 9.80 Å². The summed E-state index contributed by atoms with van der Waals surface area (Å²) < 4.78 is 10.7. The van der Waals surface area contributed by atoms with Gasteiger partial charge in [0.05, 0.1) is 36.9 Å². The molecule has 0 spiro atoms. The molecule has 2 aromatic rings. The Labute approximate surface area is 175 Å². The van der Waals surface area contributed by atoms with Crippen LogP contribution in [0.4, 0.5) is 0 Å². The third-order valence-electron chi connectivity index (χ3n) is 5.56. The Hall–Kier alpha value is -3.03. The van der Waals surface area contributed by atoms with E-state index in [1.54, 1.807) is 55.6 Å². The van der Waals surface area contributed by atoms with E-state index >= 15 is 0 Å². The van der Waals surface area contributed by atoms with E-state index in [-0.39, 0.29) is 30.3 Å². The second-order valence-electron chi connectivity index (χ2n) is 7.45. The highest BCUT2D eigenvalue weighted by atomic mass is 16.5. The molecule has 0 saturated carbocycles. The van der Waals surface area contributed by atoms with Crippen molar-refractivity contribution in [2.45, 2.75) is 19.0 Å². The van der Waals surface area contributed by atoms with Gasteiger partial charge >= 0.3 is 0 Å². The average molecular weight is 408 g/mol.